The van der Waals surface area contributed by atoms with Crippen LogP contribution in [0.1, 0.15) is 53.7 Å². The fourth-order valence-electron chi connectivity index (χ4n) is 3.54. The Kier molecular flexibility index (Phi) is 6.53. The summed E-state index contributed by atoms with van der Waals surface area (Å²) >= 11 is 0. The molecule has 0 saturated heterocycles. The van der Waals surface area contributed by atoms with Gasteiger partial charge < -0.3 is 10.1 Å². The Bertz CT molecular complexity index is 1040. The van der Waals surface area contributed by atoms with Crippen LogP contribution in [-0.4, -0.2) is 41.2 Å². The summed E-state index contributed by atoms with van der Waals surface area (Å²) in [4.78, 5) is 50.8. The maximum Gasteiger partial charge on any atom is 0.326 e. The molecule has 2 aromatic carbocycles. The van der Waals surface area contributed by atoms with Crippen LogP contribution in [0.25, 0.3) is 0 Å². The van der Waals surface area contributed by atoms with Crippen LogP contribution in [0.15, 0.2) is 42.5 Å². The average molecular weight is 422 g/mol. The first kappa shape index (κ1) is 22.2. The van der Waals surface area contributed by atoms with Gasteiger partial charge in [0, 0.05) is 11.3 Å². The van der Waals surface area contributed by atoms with Crippen LogP contribution in [0.2, 0.25) is 0 Å². The van der Waals surface area contributed by atoms with Gasteiger partial charge in [0.25, 0.3) is 11.8 Å². The summed E-state index contributed by atoms with van der Waals surface area (Å²) in [5.74, 6) is -2.11. The van der Waals surface area contributed by atoms with Crippen molar-refractivity contribution in [3.63, 3.8) is 0 Å². The SMILES string of the molecule is Cc1cccc(C(C)C)c1NC(=O)[C@@H](C)OC(=O)CN1C(=O)Cc2ccccc2C1=O. The number of amides is 3. The molecular formula is C24H26N2O5. The topological polar surface area (TPSA) is 92.8 Å². The van der Waals surface area contributed by atoms with Crippen LogP contribution in [0, 0.1) is 6.92 Å². The predicted octanol–water partition coefficient (Wildman–Crippen LogP) is 3.21. The second kappa shape index (κ2) is 9.12. The Labute approximate surface area is 181 Å². The number of hydrogen-bond donors (Lipinski definition) is 1. The molecule has 1 heterocycles. The van der Waals surface area contributed by atoms with E-state index in [2.05, 4.69) is 5.32 Å². The minimum absolute atomic E-state index is 0.0382. The van der Waals surface area contributed by atoms with Gasteiger partial charge in [-0.2, -0.15) is 0 Å². The van der Waals surface area contributed by atoms with Crippen LogP contribution >= 0.6 is 0 Å². The molecule has 0 spiro atoms. The van der Waals surface area contributed by atoms with Crippen molar-refractivity contribution in [3.05, 3.63) is 64.7 Å². The summed E-state index contributed by atoms with van der Waals surface area (Å²) in [5, 5.41) is 2.84. The summed E-state index contributed by atoms with van der Waals surface area (Å²) in [6, 6.07) is 12.5. The normalized spacial score (nSPS) is 14.3. The highest BCUT2D eigenvalue weighted by Gasteiger charge is 2.33. The summed E-state index contributed by atoms with van der Waals surface area (Å²) in [5.41, 5.74) is 3.61. The highest BCUT2D eigenvalue weighted by atomic mass is 16.5. The van der Waals surface area contributed by atoms with Gasteiger partial charge in [0.15, 0.2) is 6.10 Å². The van der Waals surface area contributed by atoms with Gasteiger partial charge in [0.05, 0.1) is 6.42 Å². The molecule has 7 heteroatoms. The monoisotopic (exact) mass is 422 g/mol. The minimum Gasteiger partial charge on any atom is -0.451 e. The lowest BCUT2D eigenvalue weighted by molar-refractivity contribution is -0.155. The summed E-state index contributed by atoms with van der Waals surface area (Å²) in [6.45, 7) is 6.86. The van der Waals surface area contributed by atoms with Crippen molar-refractivity contribution in [2.24, 2.45) is 0 Å². The number of nitrogens with zero attached hydrogens (tertiary/aromatic N) is 1. The third-order valence-corrected chi connectivity index (χ3v) is 5.28. The van der Waals surface area contributed by atoms with Gasteiger partial charge in [-0.1, -0.05) is 50.2 Å². The average Bonchev–Trinajstić information content (AvgIpc) is 2.72. The number of rotatable bonds is 6. The molecule has 162 valence electrons. The van der Waals surface area contributed by atoms with Gasteiger partial charge in [0.1, 0.15) is 6.54 Å². The molecule has 0 radical (unpaired) electrons. The van der Waals surface area contributed by atoms with E-state index < -0.39 is 36.3 Å². The number of hydrogen-bond acceptors (Lipinski definition) is 5. The first-order chi connectivity index (χ1) is 14.7. The zero-order valence-corrected chi connectivity index (χ0v) is 18.1. The first-order valence-corrected chi connectivity index (χ1v) is 10.2. The Morgan fingerprint density at radius 1 is 1.06 bits per heavy atom. The Morgan fingerprint density at radius 2 is 1.77 bits per heavy atom. The number of benzene rings is 2. The number of nitrogens with one attached hydrogen (secondary N) is 1. The molecule has 0 fully saturated rings. The lowest BCUT2D eigenvalue weighted by Gasteiger charge is -2.26. The van der Waals surface area contributed by atoms with E-state index in [0.29, 0.717) is 16.8 Å². The quantitative estimate of drug-likeness (QED) is 0.570. The van der Waals surface area contributed by atoms with E-state index in [4.69, 9.17) is 4.74 Å². The smallest absolute Gasteiger partial charge is 0.326 e. The number of carbonyl (C=O) groups is 4. The number of fused-ring (bicyclic) bond motifs is 1. The molecule has 0 aliphatic carbocycles. The molecule has 0 saturated carbocycles. The predicted molar refractivity (Wildman–Crippen MR) is 116 cm³/mol. The van der Waals surface area contributed by atoms with Crippen molar-refractivity contribution in [3.8, 4) is 0 Å². The fourth-order valence-corrected chi connectivity index (χ4v) is 3.54. The number of aryl methyl sites for hydroxylation is 1. The second-order valence-electron chi connectivity index (χ2n) is 7.93. The largest absolute Gasteiger partial charge is 0.451 e. The molecule has 31 heavy (non-hydrogen) atoms. The van der Waals surface area contributed by atoms with E-state index in [1.165, 1.54) is 6.92 Å². The van der Waals surface area contributed by atoms with Crippen molar-refractivity contribution in [2.45, 2.75) is 46.1 Å². The van der Waals surface area contributed by atoms with Gasteiger partial charge in [-0.05, 0) is 42.5 Å². The minimum atomic E-state index is -1.09. The lowest BCUT2D eigenvalue weighted by atomic mass is 9.98. The van der Waals surface area contributed by atoms with Crippen molar-refractivity contribution < 1.29 is 23.9 Å². The van der Waals surface area contributed by atoms with Gasteiger partial charge in [-0.15, -0.1) is 0 Å². The van der Waals surface area contributed by atoms with Crippen molar-refractivity contribution in [1.29, 1.82) is 0 Å². The number of carbonyl (C=O) groups excluding carboxylic acids is 4. The third-order valence-electron chi connectivity index (χ3n) is 5.28. The molecule has 0 bridgehead atoms. The van der Waals surface area contributed by atoms with Crippen molar-refractivity contribution >= 4 is 29.4 Å². The standard InChI is InChI=1S/C24H26N2O5/c1-14(2)18-11-7-8-15(3)22(18)25-23(29)16(4)31-21(28)13-26-20(27)12-17-9-5-6-10-19(17)24(26)30/h5-11,14,16H,12-13H2,1-4H3,(H,25,29)/t16-/m1/s1. The molecule has 3 amide bonds. The Morgan fingerprint density at radius 3 is 2.48 bits per heavy atom. The van der Waals surface area contributed by atoms with Crippen LogP contribution in [-0.2, 0) is 25.5 Å². The van der Waals surface area contributed by atoms with E-state index in [-0.39, 0.29) is 12.3 Å². The van der Waals surface area contributed by atoms with E-state index in [1.807, 2.05) is 39.0 Å². The number of para-hydroxylation sites is 1. The highest BCUT2D eigenvalue weighted by molar-refractivity contribution is 6.11. The Hall–Kier alpha value is -3.48. The van der Waals surface area contributed by atoms with E-state index in [1.54, 1.807) is 24.3 Å². The van der Waals surface area contributed by atoms with E-state index in [0.717, 1.165) is 16.0 Å². The fraction of sp³-hybridized carbons (Fsp3) is 0.333. The van der Waals surface area contributed by atoms with Gasteiger partial charge in [-0.3, -0.25) is 24.1 Å². The molecule has 3 rings (SSSR count). The number of esters is 1. The highest BCUT2D eigenvalue weighted by Crippen LogP contribution is 2.27. The van der Waals surface area contributed by atoms with Crippen molar-refractivity contribution in [2.75, 3.05) is 11.9 Å². The summed E-state index contributed by atoms with van der Waals surface area (Å²) in [7, 11) is 0. The molecular weight excluding hydrogens is 396 g/mol. The maximum absolute atomic E-state index is 12.6. The zero-order valence-electron chi connectivity index (χ0n) is 18.1. The van der Waals surface area contributed by atoms with E-state index >= 15 is 0 Å². The van der Waals surface area contributed by atoms with Gasteiger partial charge >= 0.3 is 5.97 Å². The molecule has 7 nitrogen and oxygen atoms in total. The molecule has 1 aliphatic heterocycles. The molecule has 0 aromatic heterocycles. The molecule has 2 aromatic rings. The van der Waals surface area contributed by atoms with E-state index in [9.17, 15) is 19.2 Å². The molecule has 1 N–H and O–H groups in total. The van der Waals surface area contributed by atoms with Crippen LogP contribution in [0.4, 0.5) is 5.69 Å². The second-order valence-corrected chi connectivity index (χ2v) is 7.93. The van der Waals surface area contributed by atoms with Crippen molar-refractivity contribution in [1.82, 2.24) is 4.90 Å². The van der Waals surface area contributed by atoms with Gasteiger partial charge in [0.2, 0.25) is 5.91 Å². The number of imide groups is 1. The summed E-state index contributed by atoms with van der Waals surface area (Å²) in [6.07, 6.45) is -1.05. The van der Waals surface area contributed by atoms with Gasteiger partial charge in [-0.25, -0.2) is 0 Å². The van der Waals surface area contributed by atoms with Crippen LogP contribution < -0.4 is 5.32 Å². The molecule has 0 unspecified atom stereocenters. The first-order valence-electron chi connectivity index (χ1n) is 10.2. The lowest BCUT2D eigenvalue weighted by Crippen LogP contribution is -2.46. The zero-order chi connectivity index (χ0) is 22.7. The molecule has 1 atom stereocenters. The third kappa shape index (κ3) is 4.82. The van der Waals surface area contributed by atoms with Crippen LogP contribution in [0.3, 0.4) is 0 Å². The molecule has 1 aliphatic rings. The number of anilines is 1. The maximum atomic E-state index is 12.6. The van der Waals surface area contributed by atoms with Crippen LogP contribution in [0.5, 0.6) is 0 Å². The summed E-state index contributed by atoms with van der Waals surface area (Å²) < 4.78 is 5.21. The Balaban J connectivity index is 1.64. The number of ether oxygens (including phenoxy) is 1.